The van der Waals surface area contributed by atoms with Crippen LogP contribution in [0.1, 0.15) is 39.7 Å². The van der Waals surface area contributed by atoms with Crippen molar-refractivity contribution in [3.05, 3.63) is 18.5 Å². The lowest BCUT2D eigenvalue weighted by molar-refractivity contribution is 0.389. The molecule has 0 aliphatic rings. The number of nitrogens with zero attached hydrogens (tertiary/aromatic N) is 2. The molecular weight excluding hydrogens is 174 g/mol. The molecule has 0 saturated heterocycles. The summed E-state index contributed by atoms with van der Waals surface area (Å²) in [4.78, 5) is 0. The van der Waals surface area contributed by atoms with Crippen LogP contribution in [-0.4, -0.2) is 22.4 Å². The Morgan fingerprint density at radius 1 is 1.43 bits per heavy atom. The molecule has 0 aromatic carbocycles. The van der Waals surface area contributed by atoms with Gasteiger partial charge in [-0.15, -0.1) is 0 Å². The van der Waals surface area contributed by atoms with Crippen LogP contribution in [0.25, 0.3) is 0 Å². The summed E-state index contributed by atoms with van der Waals surface area (Å²) in [6.07, 6.45) is 6.18. The summed E-state index contributed by atoms with van der Waals surface area (Å²) in [5, 5.41) is 7.72. The van der Waals surface area contributed by atoms with E-state index in [9.17, 15) is 0 Å². The number of hydrogen-bond donors (Lipinski definition) is 1. The molecule has 1 heterocycles. The van der Waals surface area contributed by atoms with E-state index in [-0.39, 0.29) is 0 Å². The second-order valence-electron chi connectivity index (χ2n) is 3.93. The van der Waals surface area contributed by atoms with Gasteiger partial charge in [-0.05, 0) is 39.3 Å². The van der Waals surface area contributed by atoms with Gasteiger partial charge in [0, 0.05) is 18.4 Å². The number of hydrogen-bond acceptors (Lipinski definition) is 2. The molecular formula is C11H21N3. The van der Waals surface area contributed by atoms with Crippen molar-refractivity contribution in [2.75, 3.05) is 6.54 Å². The Balaban J connectivity index is 2.29. The van der Waals surface area contributed by atoms with Crippen molar-refractivity contribution in [3.8, 4) is 0 Å². The Bertz CT molecular complexity index is 231. The van der Waals surface area contributed by atoms with E-state index in [4.69, 9.17) is 0 Å². The van der Waals surface area contributed by atoms with E-state index in [2.05, 4.69) is 31.2 Å². The molecule has 1 rings (SSSR count). The standard InChI is InChI=1S/C11H21N3/c1-4-6-12-10(2)9-11(3)14-8-5-7-13-14/h5,7-8,10-12H,4,6,9H2,1-3H3. The first-order chi connectivity index (χ1) is 6.74. The molecule has 1 aromatic rings. The highest BCUT2D eigenvalue weighted by molar-refractivity contribution is 4.81. The fourth-order valence-electron chi connectivity index (χ4n) is 1.64. The summed E-state index contributed by atoms with van der Waals surface area (Å²) in [7, 11) is 0. The van der Waals surface area contributed by atoms with Crippen molar-refractivity contribution in [1.82, 2.24) is 15.1 Å². The highest BCUT2D eigenvalue weighted by atomic mass is 15.3. The lowest BCUT2D eigenvalue weighted by Gasteiger charge is -2.18. The lowest BCUT2D eigenvalue weighted by Crippen LogP contribution is -2.29. The van der Waals surface area contributed by atoms with Gasteiger partial charge in [-0.25, -0.2) is 0 Å². The van der Waals surface area contributed by atoms with Crippen LogP contribution in [0.2, 0.25) is 0 Å². The molecule has 0 aliphatic carbocycles. The molecule has 0 bridgehead atoms. The average Bonchev–Trinajstić information content (AvgIpc) is 2.67. The van der Waals surface area contributed by atoms with Gasteiger partial charge in [-0.3, -0.25) is 4.68 Å². The van der Waals surface area contributed by atoms with Gasteiger partial charge in [0.15, 0.2) is 0 Å². The van der Waals surface area contributed by atoms with Gasteiger partial charge in [0.2, 0.25) is 0 Å². The largest absolute Gasteiger partial charge is 0.314 e. The van der Waals surface area contributed by atoms with Crippen LogP contribution in [0.3, 0.4) is 0 Å². The van der Waals surface area contributed by atoms with Crippen LogP contribution in [-0.2, 0) is 0 Å². The summed E-state index contributed by atoms with van der Waals surface area (Å²) >= 11 is 0. The first kappa shape index (κ1) is 11.2. The van der Waals surface area contributed by atoms with Crippen LogP contribution in [0.4, 0.5) is 0 Å². The molecule has 1 aromatic heterocycles. The molecule has 0 spiro atoms. The third kappa shape index (κ3) is 3.50. The van der Waals surface area contributed by atoms with Crippen molar-refractivity contribution >= 4 is 0 Å². The molecule has 3 nitrogen and oxygen atoms in total. The molecule has 1 N–H and O–H groups in total. The molecule has 0 aliphatic heterocycles. The smallest absolute Gasteiger partial charge is 0.0505 e. The predicted molar refractivity (Wildman–Crippen MR) is 59.3 cm³/mol. The Morgan fingerprint density at radius 2 is 2.21 bits per heavy atom. The second kappa shape index (κ2) is 5.81. The van der Waals surface area contributed by atoms with E-state index >= 15 is 0 Å². The van der Waals surface area contributed by atoms with Gasteiger partial charge in [0.1, 0.15) is 0 Å². The fraction of sp³-hybridized carbons (Fsp3) is 0.727. The van der Waals surface area contributed by atoms with Crippen LogP contribution in [0.5, 0.6) is 0 Å². The van der Waals surface area contributed by atoms with Crippen molar-refractivity contribution in [3.63, 3.8) is 0 Å². The SMILES string of the molecule is CCCNC(C)CC(C)n1cccn1. The van der Waals surface area contributed by atoms with Crippen molar-refractivity contribution in [2.45, 2.75) is 45.7 Å². The monoisotopic (exact) mass is 195 g/mol. The maximum absolute atomic E-state index is 4.24. The highest BCUT2D eigenvalue weighted by Crippen LogP contribution is 2.11. The van der Waals surface area contributed by atoms with Crippen molar-refractivity contribution < 1.29 is 0 Å². The Labute approximate surface area is 86.5 Å². The molecule has 0 radical (unpaired) electrons. The molecule has 2 atom stereocenters. The van der Waals surface area contributed by atoms with E-state index in [1.807, 2.05) is 23.1 Å². The molecule has 80 valence electrons. The minimum atomic E-state index is 0.476. The Hall–Kier alpha value is -0.830. The predicted octanol–water partition coefficient (Wildman–Crippen LogP) is 2.22. The average molecular weight is 195 g/mol. The van der Waals surface area contributed by atoms with Gasteiger partial charge in [-0.1, -0.05) is 6.92 Å². The van der Waals surface area contributed by atoms with Crippen LogP contribution in [0.15, 0.2) is 18.5 Å². The molecule has 0 amide bonds. The number of rotatable bonds is 6. The summed E-state index contributed by atoms with van der Waals surface area (Å²) in [5.74, 6) is 0. The summed E-state index contributed by atoms with van der Waals surface area (Å²) < 4.78 is 2.02. The molecule has 3 heteroatoms. The van der Waals surface area contributed by atoms with E-state index < -0.39 is 0 Å². The maximum Gasteiger partial charge on any atom is 0.0505 e. The highest BCUT2D eigenvalue weighted by Gasteiger charge is 2.09. The third-order valence-electron chi connectivity index (χ3n) is 2.41. The molecule has 2 unspecified atom stereocenters. The Kier molecular flexibility index (Phi) is 4.66. The normalized spacial score (nSPS) is 15.4. The first-order valence-corrected chi connectivity index (χ1v) is 5.46. The summed E-state index contributed by atoms with van der Waals surface area (Å²) in [6, 6.07) is 3.01. The zero-order valence-electron chi connectivity index (χ0n) is 9.40. The zero-order chi connectivity index (χ0) is 10.4. The van der Waals surface area contributed by atoms with Gasteiger partial charge in [0.25, 0.3) is 0 Å². The van der Waals surface area contributed by atoms with Crippen molar-refractivity contribution in [2.24, 2.45) is 0 Å². The lowest BCUT2D eigenvalue weighted by atomic mass is 10.1. The topological polar surface area (TPSA) is 29.9 Å². The third-order valence-corrected chi connectivity index (χ3v) is 2.41. The molecule has 0 saturated carbocycles. The van der Waals surface area contributed by atoms with E-state index in [0.29, 0.717) is 12.1 Å². The summed E-state index contributed by atoms with van der Waals surface area (Å²) in [6.45, 7) is 7.73. The Morgan fingerprint density at radius 3 is 2.79 bits per heavy atom. The summed E-state index contributed by atoms with van der Waals surface area (Å²) in [5.41, 5.74) is 0. The van der Waals surface area contributed by atoms with E-state index in [1.54, 1.807) is 0 Å². The molecule has 0 fully saturated rings. The van der Waals surface area contributed by atoms with E-state index in [0.717, 1.165) is 13.0 Å². The first-order valence-electron chi connectivity index (χ1n) is 5.46. The second-order valence-corrected chi connectivity index (χ2v) is 3.93. The van der Waals surface area contributed by atoms with Gasteiger partial charge in [0.05, 0.1) is 6.04 Å². The number of aromatic nitrogens is 2. The zero-order valence-corrected chi connectivity index (χ0v) is 9.40. The van der Waals surface area contributed by atoms with Crippen LogP contribution < -0.4 is 5.32 Å². The van der Waals surface area contributed by atoms with Crippen LogP contribution in [0, 0.1) is 0 Å². The number of nitrogens with one attached hydrogen (secondary N) is 1. The maximum atomic E-state index is 4.24. The van der Waals surface area contributed by atoms with Gasteiger partial charge < -0.3 is 5.32 Å². The quantitative estimate of drug-likeness (QED) is 0.754. The van der Waals surface area contributed by atoms with Gasteiger partial charge in [-0.2, -0.15) is 5.10 Å². The van der Waals surface area contributed by atoms with Gasteiger partial charge >= 0.3 is 0 Å². The van der Waals surface area contributed by atoms with Crippen molar-refractivity contribution in [1.29, 1.82) is 0 Å². The minimum absolute atomic E-state index is 0.476. The van der Waals surface area contributed by atoms with Crippen LogP contribution >= 0.6 is 0 Å². The fourth-order valence-corrected chi connectivity index (χ4v) is 1.64. The minimum Gasteiger partial charge on any atom is -0.314 e. The van der Waals surface area contributed by atoms with E-state index in [1.165, 1.54) is 6.42 Å². The molecule has 14 heavy (non-hydrogen) atoms.